The summed E-state index contributed by atoms with van der Waals surface area (Å²) in [6.45, 7) is 3.14. The average molecular weight is 441 g/mol. The van der Waals surface area contributed by atoms with Crippen LogP contribution in [0.2, 0.25) is 0 Å². The van der Waals surface area contributed by atoms with E-state index in [1.807, 2.05) is 12.1 Å². The molecule has 9 heteroatoms. The smallest absolute Gasteiger partial charge is 0.271 e. The fraction of sp³-hybridized carbons (Fsp3) is 0.143. The number of thiazole rings is 1. The summed E-state index contributed by atoms with van der Waals surface area (Å²) in [6.07, 6.45) is 0. The number of aryl methyl sites for hydroxylation is 1. The third-order valence-electron chi connectivity index (χ3n) is 4.79. The first kappa shape index (κ1) is 20.3. The van der Waals surface area contributed by atoms with Gasteiger partial charge in [0.05, 0.1) is 10.6 Å². The molecule has 7 nitrogen and oxygen atoms in total. The van der Waals surface area contributed by atoms with Gasteiger partial charge in [-0.05, 0) is 36.8 Å². The van der Waals surface area contributed by atoms with Crippen LogP contribution in [0.4, 0.5) is 0 Å². The highest BCUT2D eigenvalue weighted by molar-refractivity contribution is 7.89. The number of nitrogens with two attached hydrogens (primary N) is 1. The molecule has 2 aromatic heterocycles. The molecule has 30 heavy (non-hydrogen) atoms. The zero-order valence-electron chi connectivity index (χ0n) is 16.2. The third-order valence-corrected chi connectivity index (χ3v) is 6.58. The van der Waals surface area contributed by atoms with E-state index in [1.54, 1.807) is 17.5 Å². The van der Waals surface area contributed by atoms with Crippen molar-refractivity contribution >= 4 is 38.2 Å². The molecule has 2 heterocycles. The van der Waals surface area contributed by atoms with E-state index >= 15 is 0 Å². The molecular formula is C21H20N4O3S2. The number of sulfonamides is 1. The molecule has 4 rings (SSSR count). The summed E-state index contributed by atoms with van der Waals surface area (Å²) in [4.78, 5) is 17.1. The molecular weight excluding hydrogens is 420 g/mol. The van der Waals surface area contributed by atoms with Crippen LogP contribution in [0.3, 0.4) is 0 Å². The van der Waals surface area contributed by atoms with E-state index in [2.05, 4.69) is 40.0 Å². The Morgan fingerprint density at radius 2 is 1.90 bits per heavy atom. The highest BCUT2D eigenvalue weighted by Crippen LogP contribution is 2.30. The quantitative estimate of drug-likeness (QED) is 0.479. The van der Waals surface area contributed by atoms with Gasteiger partial charge in [-0.1, -0.05) is 30.3 Å². The van der Waals surface area contributed by atoms with Gasteiger partial charge in [-0.3, -0.25) is 4.79 Å². The van der Waals surface area contributed by atoms with Crippen molar-refractivity contribution in [1.29, 1.82) is 0 Å². The molecule has 0 atom stereocenters. The maximum Gasteiger partial charge on any atom is 0.271 e. The molecule has 0 spiro atoms. The number of primary sulfonamides is 1. The SMILES string of the molecule is CCn1c(-c2nc(C(=O)NCc3ccc(S(N)(=O)=O)cc3)cs2)cc2ccccc21. The number of benzene rings is 2. The molecule has 0 aliphatic heterocycles. The second kappa shape index (κ2) is 8.02. The summed E-state index contributed by atoms with van der Waals surface area (Å²) < 4.78 is 24.8. The van der Waals surface area contributed by atoms with Crippen LogP contribution in [-0.2, 0) is 23.1 Å². The Hall–Kier alpha value is -3.01. The number of amides is 1. The van der Waals surface area contributed by atoms with Crippen molar-refractivity contribution < 1.29 is 13.2 Å². The number of hydrogen-bond acceptors (Lipinski definition) is 5. The van der Waals surface area contributed by atoms with Crippen LogP contribution in [0.15, 0.2) is 64.9 Å². The van der Waals surface area contributed by atoms with E-state index in [0.717, 1.165) is 33.7 Å². The van der Waals surface area contributed by atoms with Gasteiger partial charge in [0.1, 0.15) is 10.7 Å². The monoisotopic (exact) mass is 440 g/mol. The van der Waals surface area contributed by atoms with Crippen LogP contribution in [0.5, 0.6) is 0 Å². The van der Waals surface area contributed by atoms with E-state index in [4.69, 9.17) is 5.14 Å². The van der Waals surface area contributed by atoms with Crippen molar-refractivity contribution in [2.45, 2.75) is 24.9 Å². The predicted octanol–water partition coefficient (Wildman–Crippen LogP) is 3.36. The molecule has 0 radical (unpaired) electrons. The van der Waals surface area contributed by atoms with Crippen molar-refractivity contribution in [3.63, 3.8) is 0 Å². The molecule has 0 bridgehead atoms. The van der Waals surface area contributed by atoms with Crippen molar-refractivity contribution in [3.8, 4) is 10.7 Å². The second-order valence-electron chi connectivity index (χ2n) is 6.74. The lowest BCUT2D eigenvalue weighted by molar-refractivity contribution is 0.0946. The fourth-order valence-electron chi connectivity index (χ4n) is 3.29. The molecule has 0 saturated heterocycles. The molecule has 0 fully saturated rings. The maximum atomic E-state index is 12.5. The maximum absolute atomic E-state index is 12.5. The normalized spacial score (nSPS) is 11.7. The Morgan fingerprint density at radius 3 is 2.60 bits per heavy atom. The van der Waals surface area contributed by atoms with Gasteiger partial charge in [-0.15, -0.1) is 11.3 Å². The minimum atomic E-state index is -3.73. The summed E-state index contributed by atoms with van der Waals surface area (Å²) in [6, 6.07) is 16.3. The lowest BCUT2D eigenvalue weighted by atomic mass is 10.2. The van der Waals surface area contributed by atoms with Crippen LogP contribution >= 0.6 is 11.3 Å². The lowest BCUT2D eigenvalue weighted by Gasteiger charge is -2.06. The van der Waals surface area contributed by atoms with E-state index in [1.165, 1.54) is 23.5 Å². The van der Waals surface area contributed by atoms with Gasteiger partial charge >= 0.3 is 0 Å². The standard InChI is InChI=1S/C21H20N4O3S2/c1-2-25-18-6-4-3-5-15(18)11-19(25)21-24-17(13-29-21)20(26)23-12-14-7-9-16(10-8-14)30(22,27)28/h3-11,13H,2,12H2,1H3,(H,23,26)(H2,22,27,28). The van der Waals surface area contributed by atoms with Gasteiger partial charge in [0.2, 0.25) is 10.0 Å². The number of nitrogens with zero attached hydrogens (tertiary/aromatic N) is 2. The summed E-state index contributed by atoms with van der Waals surface area (Å²) in [5.41, 5.74) is 3.24. The van der Waals surface area contributed by atoms with Gasteiger partial charge in [-0.25, -0.2) is 18.5 Å². The predicted molar refractivity (Wildman–Crippen MR) is 118 cm³/mol. The topological polar surface area (TPSA) is 107 Å². The van der Waals surface area contributed by atoms with Crippen molar-refractivity contribution in [1.82, 2.24) is 14.9 Å². The molecule has 1 amide bonds. The summed E-state index contributed by atoms with van der Waals surface area (Å²) in [5.74, 6) is -0.285. The minimum Gasteiger partial charge on any atom is -0.347 e. The molecule has 2 aromatic carbocycles. The zero-order valence-corrected chi connectivity index (χ0v) is 17.8. The molecule has 154 valence electrons. The average Bonchev–Trinajstić information content (AvgIpc) is 3.36. The highest BCUT2D eigenvalue weighted by atomic mass is 32.2. The fourth-order valence-corrected chi connectivity index (χ4v) is 4.63. The van der Waals surface area contributed by atoms with Crippen molar-refractivity contribution in [2.24, 2.45) is 5.14 Å². The van der Waals surface area contributed by atoms with E-state index in [0.29, 0.717) is 5.69 Å². The number of hydrogen-bond donors (Lipinski definition) is 2. The van der Waals surface area contributed by atoms with Crippen LogP contribution in [0, 0.1) is 0 Å². The Kier molecular flexibility index (Phi) is 5.42. The summed E-state index contributed by atoms with van der Waals surface area (Å²) in [5, 5.41) is 11.6. The van der Waals surface area contributed by atoms with Crippen LogP contribution in [0.25, 0.3) is 21.6 Å². The summed E-state index contributed by atoms with van der Waals surface area (Å²) in [7, 11) is -3.73. The zero-order chi connectivity index (χ0) is 21.3. The third kappa shape index (κ3) is 4.00. The van der Waals surface area contributed by atoms with E-state index in [-0.39, 0.29) is 17.3 Å². The minimum absolute atomic E-state index is 0.0352. The molecule has 0 unspecified atom stereocenters. The largest absolute Gasteiger partial charge is 0.347 e. The molecule has 0 aliphatic rings. The number of carbonyl (C=O) groups is 1. The molecule has 0 aliphatic carbocycles. The Bertz CT molecular complexity index is 1320. The lowest BCUT2D eigenvalue weighted by Crippen LogP contribution is -2.23. The Balaban J connectivity index is 1.50. The van der Waals surface area contributed by atoms with Crippen LogP contribution in [-0.4, -0.2) is 23.9 Å². The summed E-state index contributed by atoms with van der Waals surface area (Å²) >= 11 is 1.43. The van der Waals surface area contributed by atoms with Gasteiger partial charge in [0.15, 0.2) is 0 Å². The van der Waals surface area contributed by atoms with E-state index in [9.17, 15) is 13.2 Å². The van der Waals surface area contributed by atoms with Crippen LogP contribution in [0.1, 0.15) is 23.0 Å². The Morgan fingerprint density at radius 1 is 1.17 bits per heavy atom. The number of fused-ring (bicyclic) bond motifs is 1. The van der Waals surface area contributed by atoms with Gasteiger partial charge in [0, 0.05) is 29.4 Å². The first-order valence-electron chi connectivity index (χ1n) is 9.31. The number of para-hydroxylation sites is 1. The second-order valence-corrected chi connectivity index (χ2v) is 9.16. The number of nitrogens with one attached hydrogen (secondary N) is 1. The number of aromatic nitrogens is 2. The number of carbonyl (C=O) groups excluding carboxylic acids is 1. The molecule has 0 saturated carbocycles. The first-order valence-corrected chi connectivity index (χ1v) is 11.7. The van der Waals surface area contributed by atoms with Crippen molar-refractivity contribution in [2.75, 3.05) is 0 Å². The van der Waals surface area contributed by atoms with Gasteiger partial charge < -0.3 is 9.88 Å². The van der Waals surface area contributed by atoms with E-state index < -0.39 is 10.0 Å². The Labute approximate surface area is 178 Å². The number of rotatable bonds is 6. The van der Waals surface area contributed by atoms with Crippen LogP contribution < -0.4 is 10.5 Å². The molecule has 4 aromatic rings. The van der Waals surface area contributed by atoms with Gasteiger partial charge in [-0.2, -0.15) is 0 Å². The van der Waals surface area contributed by atoms with Crippen molar-refractivity contribution in [3.05, 3.63) is 71.2 Å². The van der Waals surface area contributed by atoms with Gasteiger partial charge in [0.25, 0.3) is 5.91 Å². The highest BCUT2D eigenvalue weighted by Gasteiger charge is 2.16. The first-order chi connectivity index (χ1) is 14.4. The molecule has 3 N–H and O–H groups in total.